The van der Waals surface area contributed by atoms with Gasteiger partial charge in [0.2, 0.25) is 0 Å². The topological polar surface area (TPSA) is 81.4 Å². The first-order chi connectivity index (χ1) is 13.1. The molecule has 2 aromatic heterocycles. The predicted octanol–water partition coefficient (Wildman–Crippen LogP) is 4.18. The molecule has 134 valence electrons. The molecule has 1 amide bonds. The summed E-state index contributed by atoms with van der Waals surface area (Å²) >= 11 is 1.24. The molecule has 0 saturated carbocycles. The maximum absolute atomic E-state index is 12.4. The fourth-order valence-electron chi connectivity index (χ4n) is 2.63. The Labute approximate surface area is 158 Å². The van der Waals surface area contributed by atoms with Crippen molar-refractivity contribution >= 4 is 33.3 Å². The van der Waals surface area contributed by atoms with Crippen LogP contribution in [0.2, 0.25) is 0 Å². The average molecular weight is 378 g/mol. The second-order valence-electron chi connectivity index (χ2n) is 5.71. The van der Waals surface area contributed by atoms with E-state index in [2.05, 4.69) is 10.3 Å². The number of thiazole rings is 1. The van der Waals surface area contributed by atoms with E-state index >= 15 is 0 Å². The molecule has 0 spiro atoms. The minimum atomic E-state index is -0.468. The summed E-state index contributed by atoms with van der Waals surface area (Å²) in [6.07, 6.45) is 0. The molecule has 0 aliphatic heterocycles. The number of nitrogens with one attached hydrogen (secondary N) is 1. The molecule has 4 rings (SSSR count). The molecular weight excluding hydrogens is 364 g/mol. The third kappa shape index (κ3) is 3.45. The molecule has 2 aromatic carbocycles. The van der Waals surface area contributed by atoms with Gasteiger partial charge in [-0.15, -0.1) is 11.3 Å². The Morgan fingerprint density at radius 2 is 2.00 bits per heavy atom. The zero-order chi connectivity index (χ0) is 18.8. The highest BCUT2D eigenvalue weighted by atomic mass is 32.1. The van der Waals surface area contributed by atoms with Gasteiger partial charge in [0.15, 0.2) is 5.13 Å². The lowest BCUT2D eigenvalue weighted by molar-refractivity contribution is 0.102. The van der Waals surface area contributed by atoms with Gasteiger partial charge in [0, 0.05) is 16.3 Å². The van der Waals surface area contributed by atoms with Crippen molar-refractivity contribution in [3.63, 3.8) is 0 Å². The third-order valence-corrected chi connectivity index (χ3v) is 4.73. The van der Waals surface area contributed by atoms with Gasteiger partial charge in [0.05, 0.1) is 18.4 Å². The predicted molar refractivity (Wildman–Crippen MR) is 105 cm³/mol. The number of carbonyl (C=O) groups excluding carboxylic acids is 1. The zero-order valence-corrected chi connectivity index (χ0v) is 15.1. The molecule has 0 bridgehead atoms. The first kappa shape index (κ1) is 17.0. The molecule has 1 N–H and O–H groups in total. The Bertz CT molecular complexity index is 1200. The molecule has 2 heterocycles. The van der Waals surface area contributed by atoms with E-state index in [-0.39, 0.29) is 5.91 Å². The van der Waals surface area contributed by atoms with E-state index < -0.39 is 5.63 Å². The molecule has 0 fully saturated rings. The molecule has 0 saturated heterocycles. The number of anilines is 1. The number of aromatic nitrogens is 1. The number of hydrogen-bond acceptors (Lipinski definition) is 6. The van der Waals surface area contributed by atoms with Crippen molar-refractivity contribution in [1.82, 2.24) is 4.98 Å². The van der Waals surface area contributed by atoms with Crippen molar-refractivity contribution in [2.45, 2.75) is 0 Å². The van der Waals surface area contributed by atoms with Crippen LogP contribution in [-0.4, -0.2) is 18.0 Å². The van der Waals surface area contributed by atoms with Gasteiger partial charge in [-0.1, -0.05) is 24.3 Å². The molecule has 0 atom stereocenters. The van der Waals surface area contributed by atoms with E-state index in [1.807, 2.05) is 12.1 Å². The first-order valence-corrected chi connectivity index (χ1v) is 8.96. The van der Waals surface area contributed by atoms with E-state index in [4.69, 9.17) is 9.15 Å². The maximum Gasteiger partial charge on any atom is 0.345 e. The molecule has 6 nitrogen and oxygen atoms in total. The van der Waals surface area contributed by atoms with Crippen LogP contribution in [0.4, 0.5) is 5.13 Å². The molecule has 4 aromatic rings. The third-order valence-electron chi connectivity index (χ3n) is 3.97. The Kier molecular flexibility index (Phi) is 4.43. The number of ether oxygens (including phenoxy) is 1. The van der Waals surface area contributed by atoms with Crippen molar-refractivity contribution in [1.29, 1.82) is 0 Å². The fourth-order valence-corrected chi connectivity index (χ4v) is 3.33. The van der Waals surface area contributed by atoms with Gasteiger partial charge in [-0.3, -0.25) is 10.1 Å². The Morgan fingerprint density at radius 3 is 2.85 bits per heavy atom. The number of nitrogens with zero attached hydrogens (tertiary/aromatic N) is 1. The number of benzene rings is 2. The molecule has 0 aliphatic carbocycles. The quantitative estimate of drug-likeness (QED) is 0.539. The molecule has 0 aliphatic rings. The summed E-state index contributed by atoms with van der Waals surface area (Å²) < 4.78 is 10.5. The molecule has 0 unspecified atom stereocenters. The standard InChI is InChI=1S/C20H14N2O4S/c1-25-14-7-4-6-13(9-14)18(23)22-20-21-16(11-27-20)15-10-12-5-2-3-8-17(12)26-19(15)24/h2-11H,1H3,(H,21,22,23). The van der Waals surface area contributed by atoms with E-state index in [1.54, 1.807) is 55.0 Å². The van der Waals surface area contributed by atoms with Gasteiger partial charge in [-0.05, 0) is 30.3 Å². The number of hydrogen-bond donors (Lipinski definition) is 1. The second-order valence-corrected chi connectivity index (χ2v) is 6.57. The lowest BCUT2D eigenvalue weighted by Gasteiger charge is -2.04. The number of carbonyl (C=O) groups is 1. The van der Waals surface area contributed by atoms with E-state index in [0.717, 1.165) is 5.39 Å². The normalized spacial score (nSPS) is 10.7. The summed E-state index contributed by atoms with van der Waals surface area (Å²) in [4.78, 5) is 29.0. The van der Waals surface area contributed by atoms with Crippen LogP contribution in [0.5, 0.6) is 5.75 Å². The molecular formula is C20H14N2O4S. The summed E-state index contributed by atoms with van der Waals surface area (Å²) in [5.74, 6) is 0.289. The van der Waals surface area contributed by atoms with Crippen LogP contribution in [0.25, 0.3) is 22.2 Å². The summed E-state index contributed by atoms with van der Waals surface area (Å²) in [7, 11) is 1.54. The van der Waals surface area contributed by atoms with Crippen molar-refractivity contribution in [2.24, 2.45) is 0 Å². The van der Waals surface area contributed by atoms with Crippen LogP contribution in [0.15, 0.2) is 69.2 Å². The van der Waals surface area contributed by atoms with Crippen LogP contribution in [0, 0.1) is 0 Å². The highest BCUT2D eigenvalue weighted by molar-refractivity contribution is 7.14. The Morgan fingerprint density at radius 1 is 1.15 bits per heavy atom. The fraction of sp³-hybridized carbons (Fsp3) is 0.0500. The van der Waals surface area contributed by atoms with Crippen molar-refractivity contribution < 1.29 is 13.9 Å². The lowest BCUT2D eigenvalue weighted by atomic mass is 10.1. The Balaban J connectivity index is 1.61. The van der Waals surface area contributed by atoms with Gasteiger partial charge in [-0.2, -0.15) is 0 Å². The van der Waals surface area contributed by atoms with Crippen molar-refractivity contribution in [3.05, 3.63) is 76.0 Å². The maximum atomic E-state index is 12.4. The summed E-state index contributed by atoms with van der Waals surface area (Å²) in [5, 5.41) is 5.65. The van der Waals surface area contributed by atoms with Gasteiger partial charge >= 0.3 is 5.63 Å². The number of methoxy groups -OCH3 is 1. The van der Waals surface area contributed by atoms with Gasteiger partial charge < -0.3 is 9.15 Å². The van der Waals surface area contributed by atoms with Crippen molar-refractivity contribution in [3.8, 4) is 17.0 Å². The molecule has 0 radical (unpaired) electrons. The Hall–Kier alpha value is -3.45. The van der Waals surface area contributed by atoms with Crippen LogP contribution in [-0.2, 0) is 0 Å². The van der Waals surface area contributed by atoms with Gasteiger partial charge in [0.1, 0.15) is 11.3 Å². The summed E-state index contributed by atoms with van der Waals surface area (Å²) in [6, 6.07) is 15.8. The number of rotatable bonds is 4. The van der Waals surface area contributed by atoms with E-state index in [9.17, 15) is 9.59 Å². The van der Waals surface area contributed by atoms with E-state index in [0.29, 0.717) is 33.3 Å². The van der Waals surface area contributed by atoms with Crippen LogP contribution < -0.4 is 15.7 Å². The highest BCUT2D eigenvalue weighted by Gasteiger charge is 2.14. The minimum absolute atomic E-state index is 0.305. The largest absolute Gasteiger partial charge is 0.497 e. The monoisotopic (exact) mass is 378 g/mol. The lowest BCUT2D eigenvalue weighted by Crippen LogP contribution is -2.11. The van der Waals surface area contributed by atoms with E-state index in [1.165, 1.54) is 11.3 Å². The summed E-state index contributed by atoms with van der Waals surface area (Å²) in [6.45, 7) is 0. The highest BCUT2D eigenvalue weighted by Crippen LogP contribution is 2.25. The van der Waals surface area contributed by atoms with Crippen molar-refractivity contribution in [2.75, 3.05) is 12.4 Å². The SMILES string of the molecule is COc1cccc(C(=O)Nc2nc(-c3cc4ccccc4oc3=O)cs2)c1. The molecule has 7 heteroatoms. The van der Waals surface area contributed by atoms with Crippen LogP contribution >= 0.6 is 11.3 Å². The van der Waals surface area contributed by atoms with Crippen LogP contribution in [0.1, 0.15) is 10.4 Å². The van der Waals surface area contributed by atoms with Gasteiger partial charge in [0.25, 0.3) is 5.91 Å². The van der Waals surface area contributed by atoms with Crippen LogP contribution in [0.3, 0.4) is 0 Å². The minimum Gasteiger partial charge on any atom is -0.497 e. The average Bonchev–Trinajstić information content (AvgIpc) is 3.15. The number of amides is 1. The smallest absolute Gasteiger partial charge is 0.345 e. The second kappa shape index (κ2) is 7.05. The number of fused-ring (bicyclic) bond motifs is 1. The molecule has 27 heavy (non-hydrogen) atoms. The van der Waals surface area contributed by atoms with Gasteiger partial charge in [-0.25, -0.2) is 9.78 Å². The summed E-state index contributed by atoms with van der Waals surface area (Å²) in [5.41, 5.74) is 1.32. The first-order valence-electron chi connectivity index (χ1n) is 8.08. The number of para-hydroxylation sites is 1. The zero-order valence-electron chi connectivity index (χ0n) is 14.3.